The van der Waals surface area contributed by atoms with Gasteiger partial charge in [0.1, 0.15) is 11.6 Å². The number of rotatable bonds is 5. The second kappa shape index (κ2) is 12.6. The molecular formula is C25H30Cl2FN3O3. The summed E-state index contributed by atoms with van der Waals surface area (Å²) in [4.78, 5) is 19.3. The fraction of sp³-hybridized carbons (Fsp3) is 0.280. The van der Waals surface area contributed by atoms with Crippen LogP contribution >= 0.6 is 24.8 Å². The van der Waals surface area contributed by atoms with Crippen LogP contribution in [-0.4, -0.2) is 39.5 Å². The molecule has 0 unspecified atom stereocenters. The van der Waals surface area contributed by atoms with Crippen molar-refractivity contribution in [2.24, 2.45) is 0 Å². The number of nitrogens with zero attached hydrogens (tertiary/aromatic N) is 3. The van der Waals surface area contributed by atoms with Gasteiger partial charge < -0.3 is 19.7 Å². The number of aryl methyl sites for hydroxylation is 1. The molecule has 0 aliphatic carbocycles. The van der Waals surface area contributed by atoms with Crippen molar-refractivity contribution in [2.75, 3.05) is 13.7 Å². The maximum Gasteiger partial charge on any atom is 0.250 e. The van der Waals surface area contributed by atoms with E-state index >= 15 is 0 Å². The van der Waals surface area contributed by atoms with E-state index in [0.29, 0.717) is 12.3 Å². The van der Waals surface area contributed by atoms with Crippen LogP contribution in [-0.2, 0) is 4.79 Å². The molecule has 34 heavy (non-hydrogen) atoms. The van der Waals surface area contributed by atoms with Gasteiger partial charge in [-0.3, -0.25) is 4.79 Å². The van der Waals surface area contributed by atoms with Crippen LogP contribution in [0.25, 0.3) is 11.8 Å². The molecule has 2 N–H and O–H groups in total. The van der Waals surface area contributed by atoms with Gasteiger partial charge in [0.25, 0.3) is 0 Å². The first kappa shape index (κ1) is 29.2. The molecule has 0 bridgehead atoms. The normalized spacial score (nSPS) is 15.1. The van der Waals surface area contributed by atoms with Gasteiger partial charge in [0.05, 0.1) is 30.9 Å². The third-order valence-electron chi connectivity index (χ3n) is 5.74. The molecule has 9 heteroatoms. The van der Waals surface area contributed by atoms with Gasteiger partial charge in [-0.1, -0.05) is 18.2 Å². The first-order valence-electron chi connectivity index (χ1n) is 10.4. The fourth-order valence-electron chi connectivity index (χ4n) is 4.01. The number of halogens is 3. The second-order valence-corrected chi connectivity index (χ2v) is 7.85. The number of carbonyl (C=O) groups is 1. The van der Waals surface area contributed by atoms with Crippen LogP contribution in [0.1, 0.15) is 42.6 Å². The van der Waals surface area contributed by atoms with E-state index in [1.54, 1.807) is 25.6 Å². The first-order chi connectivity index (χ1) is 15.0. The molecule has 1 aliphatic heterocycles. The summed E-state index contributed by atoms with van der Waals surface area (Å²) in [5.41, 5.74) is 4.44. The van der Waals surface area contributed by atoms with Gasteiger partial charge in [0.15, 0.2) is 0 Å². The Morgan fingerprint density at radius 2 is 1.85 bits per heavy atom. The SMILES string of the molecule is COc1cc(C=C2CCCN([C@@H](C)c3ccc(F)cc3)C2=O)ccc1-n1cnc(C)c1.Cl.Cl.O. The highest BCUT2D eigenvalue weighted by Gasteiger charge is 2.28. The van der Waals surface area contributed by atoms with Crippen molar-refractivity contribution in [1.82, 2.24) is 14.5 Å². The molecule has 1 saturated heterocycles. The van der Waals surface area contributed by atoms with Gasteiger partial charge in [-0.05, 0) is 68.2 Å². The predicted molar refractivity (Wildman–Crippen MR) is 137 cm³/mol. The summed E-state index contributed by atoms with van der Waals surface area (Å²) in [6.45, 7) is 4.62. The number of hydrogen-bond acceptors (Lipinski definition) is 3. The van der Waals surface area contributed by atoms with E-state index in [9.17, 15) is 9.18 Å². The van der Waals surface area contributed by atoms with E-state index in [4.69, 9.17) is 4.74 Å². The number of hydrogen-bond donors (Lipinski definition) is 0. The van der Waals surface area contributed by atoms with Crippen LogP contribution in [0.5, 0.6) is 5.75 Å². The van der Waals surface area contributed by atoms with Gasteiger partial charge >= 0.3 is 0 Å². The van der Waals surface area contributed by atoms with Crippen LogP contribution < -0.4 is 4.74 Å². The van der Waals surface area contributed by atoms with Gasteiger partial charge in [-0.2, -0.15) is 0 Å². The lowest BCUT2D eigenvalue weighted by molar-refractivity contribution is -0.130. The van der Waals surface area contributed by atoms with E-state index in [1.807, 2.05) is 53.8 Å². The lowest BCUT2D eigenvalue weighted by Gasteiger charge is -2.34. The third kappa shape index (κ3) is 6.17. The van der Waals surface area contributed by atoms with Gasteiger partial charge in [0.2, 0.25) is 5.91 Å². The third-order valence-corrected chi connectivity index (χ3v) is 5.74. The maximum absolute atomic E-state index is 13.3. The van der Waals surface area contributed by atoms with Crippen LogP contribution in [0.2, 0.25) is 0 Å². The molecule has 4 rings (SSSR count). The zero-order chi connectivity index (χ0) is 22.0. The average molecular weight is 510 g/mol. The second-order valence-electron chi connectivity index (χ2n) is 7.85. The number of methoxy groups -OCH3 is 1. The molecule has 1 fully saturated rings. The highest BCUT2D eigenvalue weighted by atomic mass is 35.5. The molecule has 184 valence electrons. The van der Waals surface area contributed by atoms with E-state index in [0.717, 1.165) is 40.9 Å². The van der Waals surface area contributed by atoms with Crippen molar-refractivity contribution in [1.29, 1.82) is 0 Å². The summed E-state index contributed by atoms with van der Waals surface area (Å²) in [5, 5.41) is 0. The van der Waals surface area contributed by atoms with Crippen molar-refractivity contribution in [3.63, 3.8) is 0 Å². The van der Waals surface area contributed by atoms with Gasteiger partial charge in [-0.25, -0.2) is 9.37 Å². The maximum atomic E-state index is 13.3. The minimum absolute atomic E-state index is 0. The van der Waals surface area contributed by atoms with E-state index in [-0.39, 0.29) is 48.1 Å². The number of aromatic nitrogens is 2. The average Bonchev–Trinajstić information content (AvgIpc) is 3.21. The van der Waals surface area contributed by atoms with E-state index < -0.39 is 0 Å². The zero-order valence-electron chi connectivity index (χ0n) is 19.3. The Labute approximate surface area is 211 Å². The number of imidazole rings is 1. The Morgan fingerprint density at radius 3 is 2.47 bits per heavy atom. The molecule has 1 aliphatic rings. The Morgan fingerprint density at radius 1 is 1.15 bits per heavy atom. The van der Waals surface area contributed by atoms with Crippen molar-refractivity contribution in [2.45, 2.75) is 32.7 Å². The highest BCUT2D eigenvalue weighted by Crippen LogP contribution is 2.30. The first-order valence-corrected chi connectivity index (χ1v) is 10.4. The van der Waals surface area contributed by atoms with Crippen LogP contribution in [0.15, 0.2) is 60.6 Å². The number of ether oxygens (including phenoxy) is 1. The number of carbonyl (C=O) groups excluding carboxylic acids is 1. The molecule has 0 radical (unpaired) electrons. The molecule has 3 aromatic rings. The van der Waals surface area contributed by atoms with Crippen molar-refractivity contribution >= 4 is 36.8 Å². The summed E-state index contributed by atoms with van der Waals surface area (Å²) >= 11 is 0. The lowest BCUT2D eigenvalue weighted by atomic mass is 9.97. The van der Waals surface area contributed by atoms with Crippen LogP contribution in [0, 0.1) is 12.7 Å². The van der Waals surface area contributed by atoms with Crippen LogP contribution in [0.3, 0.4) is 0 Å². The number of piperidine rings is 1. The van der Waals surface area contributed by atoms with E-state index in [2.05, 4.69) is 4.98 Å². The Balaban J connectivity index is 0.00000193. The van der Waals surface area contributed by atoms with Crippen molar-refractivity contribution < 1.29 is 19.4 Å². The number of likely N-dealkylation sites (tertiary alicyclic amines) is 1. The molecule has 2 heterocycles. The zero-order valence-corrected chi connectivity index (χ0v) is 21.0. The molecular weight excluding hydrogens is 480 g/mol. The molecule has 2 aromatic carbocycles. The standard InChI is InChI=1S/C25H26FN3O2.2ClH.H2O/c1-17-15-28(16-27-17)23-11-6-19(14-24(23)31-3)13-21-5-4-12-29(25(21)30)18(2)20-7-9-22(26)10-8-20;;;/h6-11,13-16,18H,4-5,12H2,1-3H3;2*1H;1H2/t18-;;;/m0.../s1. The summed E-state index contributed by atoms with van der Waals surface area (Å²) in [5.74, 6) is 0.465. The topological polar surface area (TPSA) is 78.9 Å². The van der Waals surface area contributed by atoms with Gasteiger partial charge in [0, 0.05) is 18.3 Å². The summed E-state index contributed by atoms with van der Waals surface area (Å²) in [6.07, 6.45) is 7.26. The quantitative estimate of drug-likeness (QED) is 0.448. The molecule has 0 spiro atoms. The monoisotopic (exact) mass is 509 g/mol. The summed E-state index contributed by atoms with van der Waals surface area (Å²) in [6, 6.07) is 12.1. The Bertz CT molecular complexity index is 1130. The molecule has 1 amide bonds. The van der Waals surface area contributed by atoms with Crippen molar-refractivity contribution in [3.8, 4) is 11.4 Å². The molecule has 6 nitrogen and oxygen atoms in total. The fourth-order valence-corrected chi connectivity index (χ4v) is 4.01. The van der Waals surface area contributed by atoms with Gasteiger partial charge in [-0.15, -0.1) is 24.8 Å². The number of benzene rings is 2. The Kier molecular flexibility index (Phi) is 10.8. The summed E-state index contributed by atoms with van der Waals surface area (Å²) in [7, 11) is 1.64. The smallest absolute Gasteiger partial charge is 0.250 e. The van der Waals surface area contributed by atoms with Crippen LogP contribution in [0.4, 0.5) is 4.39 Å². The predicted octanol–water partition coefficient (Wildman–Crippen LogP) is 5.11. The van der Waals surface area contributed by atoms with E-state index in [1.165, 1.54) is 12.1 Å². The summed E-state index contributed by atoms with van der Waals surface area (Å²) < 4.78 is 20.8. The molecule has 0 saturated carbocycles. The number of amides is 1. The van der Waals surface area contributed by atoms with Crippen molar-refractivity contribution in [3.05, 3.63) is 83.2 Å². The Hall–Kier alpha value is -2.87. The molecule has 1 atom stereocenters. The molecule has 1 aromatic heterocycles. The highest BCUT2D eigenvalue weighted by molar-refractivity contribution is 5.98. The minimum Gasteiger partial charge on any atom is -0.495 e. The lowest BCUT2D eigenvalue weighted by Crippen LogP contribution is -2.38. The minimum atomic E-state index is -0.273. The largest absolute Gasteiger partial charge is 0.495 e.